The standard InChI is InChI=1S/C16H14IN3/c17-14-6-4-12(5-7-14)11-20-9-8-19-16(20)13-2-1-3-15(18)10-13/h1-10H,11,18H2. The number of nitrogens with zero attached hydrogens (tertiary/aromatic N) is 2. The van der Waals surface area contributed by atoms with E-state index in [1.54, 1.807) is 0 Å². The van der Waals surface area contributed by atoms with Gasteiger partial charge in [-0.2, -0.15) is 0 Å². The first-order chi connectivity index (χ1) is 9.72. The molecule has 0 spiro atoms. The summed E-state index contributed by atoms with van der Waals surface area (Å²) in [6.45, 7) is 0.807. The fourth-order valence-electron chi connectivity index (χ4n) is 2.16. The predicted molar refractivity (Wildman–Crippen MR) is 90.3 cm³/mol. The number of anilines is 1. The molecule has 3 aromatic rings. The average molecular weight is 375 g/mol. The third-order valence-corrected chi connectivity index (χ3v) is 3.85. The van der Waals surface area contributed by atoms with Gasteiger partial charge in [0.25, 0.3) is 0 Å². The van der Waals surface area contributed by atoms with Gasteiger partial charge >= 0.3 is 0 Å². The Balaban J connectivity index is 1.92. The fraction of sp³-hybridized carbons (Fsp3) is 0.0625. The molecule has 0 amide bonds. The monoisotopic (exact) mass is 375 g/mol. The van der Waals surface area contributed by atoms with Crippen molar-refractivity contribution in [3.05, 3.63) is 70.1 Å². The highest BCUT2D eigenvalue weighted by Gasteiger charge is 2.06. The Labute approximate surface area is 131 Å². The number of benzene rings is 2. The Bertz CT molecular complexity index is 717. The molecule has 0 aliphatic carbocycles. The summed E-state index contributed by atoms with van der Waals surface area (Å²) in [7, 11) is 0. The van der Waals surface area contributed by atoms with Crippen molar-refractivity contribution in [1.29, 1.82) is 0 Å². The molecule has 1 aromatic heterocycles. The van der Waals surface area contributed by atoms with Crippen LogP contribution in [0.25, 0.3) is 11.4 Å². The van der Waals surface area contributed by atoms with E-state index in [2.05, 4.69) is 56.4 Å². The molecule has 3 rings (SSSR count). The molecule has 3 nitrogen and oxygen atoms in total. The summed E-state index contributed by atoms with van der Waals surface area (Å²) < 4.78 is 3.38. The Hall–Kier alpha value is -1.82. The van der Waals surface area contributed by atoms with E-state index < -0.39 is 0 Å². The molecule has 0 atom stereocenters. The zero-order valence-corrected chi connectivity index (χ0v) is 13.0. The van der Waals surface area contributed by atoms with Gasteiger partial charge in [-0.1, -0.05) is 24.3 Å². The highest BCUT2D eigenvalue weighted by Crippen LogP contribution is 2.21. The molecule has 2 N–H and O–H groups in total. The second kappa shape index (κ2) is 5.66. The largest absolute Gasteiger partial charge is 0.399 e. The van der Waals surface area contributed by atoms with Crippen molar-refractivity contribution >= 4 is 28.3 Å². The van der Waals surface area contributed by atoms with E-state index in [1.165, 1.54) is 9.13 Å². The topological polar surface area (TPSA) is 43.8 Å². The van der Waals surface area contributed by atoms with Crippen LogP contribution in [0.3, 0.4) is 0 Å². The van der Waals surface area contributed by atoms with Gasteiger partial charge in [-0.3, -0.25) is 0 Å². The Morgan fingerprint density at radius 1 is 1.10 bits per heavy atom. The van der Waals surface area contributed by atoms with E-state index in [4.69, 9.17) is 5.73 Å². The molecule has 0 radical (unpaired) electrons. The van der Waals surface area contributed by atoms with E-state index in [1.807, 2.05) is 36.7 Å². The van der Waals surface area contributed by atoms with Gasteiger partial charge in [-0.25, -0.2) is 4.98 Å². The Kier molecular flexibility index (Phi) is 3.73. The van der Waals surface area contributed by atoms with Gasteiger partial charge in [0.1, 0.15) is 5.82 Å². The van der Waals surface area contributed by atoms with E-state index in [0.29, 0.717) is 0 Å². The molecule has 0 aliphatic rings. The van der Waals surface area contributed by atoms with E-state index in [0.717, 1.165) is 23.6 Å². The van der Waals surface area contributed by atoms with Gasteiger partial charge in [0.15, 0.2) is 0 Å². The van der Waals surface area contributed by atoms with Crippen LogP contribution in [-0.2, 0) is 6.54 Å². The predicted octanol–water partition coefficient (Wildman–Crippen LogP) is 3.79. The van der Waals surface area contributed by atoms with Gasteiger partial charge in [0.05, 0.1) is 0 Å². The molecule has 1 heterocycles. The molecule has 20 heavy (non-hydrogen) atoms. The van der Waals surface area contributed by atoms with Crippen LogP contribution in [0, 0.1) is 3.57 Å². The highest BCUT2D eigenvalue weighted by atomic mass is 127. The summed E-state index contributed by atoms with van der Waals surface area (Å²) in [6.07, 6.45) is 3.82. The first-order valence-corrected chi connectivity index (χ1v) is 7.42. The molecule has 4 heteroatoms. The van der Waals surface area contributed by atoms with Crippen LogP contribution in [-0.4, -0.2) is 9.55 Å². The number of nitrogen functional groups attached to an aromatic ring is 1. The van der Waals surface area contributed by atoms with Crippen molar-refractivity contribution in [2.45, 2.75) is 6.54 Å². The van der Waals surface area contributed by atoms with Gasteiger partial charge in [-0.15, -0.1) is 0 Å². The quantitative estimate of drug-likeness (QED) is 0.559. The fourth-order valence-corrected chi connectivity index (χ4v) is 2.52. The molecule has 2 aromatic carbocycles. The van der Waals surface area contributed by atoms with Crippen molar-refractivity contribution in [3.8, 4) is 11.4 Å². The van der Waals surface area contributed by atoms with Crippen LogP contribution < -0.4 is 5.73 Å². The van der Waals surface area contributed by atoms with Crippen molar-refractivity contribution in [3.63, 3.8) is 0 Å². The summed E-state index contributed by atoms with van der Waals surface area (Å²) in [5.74, 6) is 0.941. The van der Waals surface area contributed by atoms with E-state index in [9.17, 15) is 0 Å². The Morgan fingerprint density at radius 2 is 1.90 bits per heavy atom. The minimum absolute atomic E-state index is 0.756. The summed E-state index contributed by atoms with van der Waals surface area (Å²) in [5, 5.41) is 0. The second-order valence-corrected chi connectivity index (χ2v) is 5.88. The molecule has 0 aliphatic heterocycles. The first kappa shape index (κ1) is 13.2. The van der Waals surface area contributed by atoms with Gasteiger partial charge in [0.2, 0.25) is 0 Å². The zero-order valence-electron chi connectivity index (χ0n) is 10.8. The first-order valence-electron chi connectivity index (χ1n) is 6.34. The number of imidazole rings is 1. The number of hydrogen-bond donors (Lipinski definition) is 1. The van der Waals surface area contributed by atoms with E-state index in [-0.39, 0.29) is 0 Å². The highest BCUT2D eigenvalue weighted by molar-refractivity contribution is 14.1. The lowest BCUT2D eigenvalue weighted by molar-refractivity contribution is 0.807. The van der Waals surface area contributed by atoms with Gasteiger partial charge in [-0.05, 0) is 52.4 Å². The normalized spacial score (nSPS) is 10.7. The number of nitrogens with two attached hydrogens (primary N) is 1. The molecule has 100 valence electrons. The third-order valence-electron chi connectivity index (χ3n) is 3.13. The molecule has 0 saturated heterocycles. The molecular weight excluding hydrogens is 361 g/mol. The molecule has 0 saturated carbocycles. The van der Waals surface area contributed by atoms with Gasteiger partial charge in [0, 0.05) is 33.8 Å². The number of halogens is 1. The molecule has 0 unspecified atom stereocenters. The number of aromatic nitrogens is 2. The number of hydrogen-bond acceptors (Lipinski definition) is 2. The lowest BCUT2D eigenvalue weighted by Gasteiger charge is -2.09. The minimum atomic E-state index is 0.756. The third kappa shape index (κ3) is 2.85. The van der Waals surface area contributed by atoms with Crippen LogP contribution >= 0.6 is 22.6 Å². The van der Waals surface area contributed by atoms with Crippen molar-refractivity contribution in [2.24, 2.45) is 0 Å². The van der Waals surface area contributed by atoms with Crippen LogP contribution in [0.5, 0.6) is 0 Å². The van der Waals surface area contributed by atoms with E-state index >= 15 is 0 Å². The van der Waals surface area contributed by atoms with Crippen LogP contribution in [0.15, 0.2) is 60.9 Å². The maximum absolute atomic E-state index is 5.85. The Morgan fingerprint density at radius 3 is 2.65 bits per heavy atom. The maximum atomic E-state index is 5.85. The number of rotatable bonds is 3. The average Bonchev–Trinajstić information content (AvgIpc) is 2.89. The van der Waals surface area contributed by atoms with Crippen LogP contribution in [0.4, 0.5) is 5.69 Å². The summed E-state index contributed by atoms with van der Waals surface area (Å²) in [6, 6.07) is 16.3. The zero-order chi connectivity index (χ0) is 13.9. The summed E-state index contributed by atoms with van der Waals surface area (Å²) in [4.78, 5) is 4.45. The van der Waals surface area contributed by atoms with Gasteiger partial charge < -0.3 is 10.3 Å². The smallest absolute Gasteiger partial charge is 0.140 e. The van der Waals surface area contributed by atoms with Crippen molar-refractivity contribution < 1.29 is 0 Å². The maximum Gasteiger partial charge on any atom is 0.140 e. The molecule has 0 bridgehead atoms. The SMILES string of the molecule is Nc1cccc(-c2nccn2Cc2ccc(I)cc2)c1. The summed E-state index contributed by atoms with van der Waals surface area (Å²) >= 11 is 2.31. The van der Waals surface area contributed by atoms with Crippen LogP contribution in [0.1, 0.15) is 5.56 Å². The molecule has 0 fully saturated rings. The summed E-state index contributed by atoms with van der Waals surface area (Å²) in [5.41, 5.74) is 8.90. The minimum Gasteiger partial charge on any atom is -0.399 e. The second-order valence-electron chi connectivity index (χ2n) is 4.63. The molecular formula is C16H14IN3. The van der Waals surface area contributed by atoms with Crippen molar-refractivity contribution in [1.82, 2.24) is 9.55 Å². The van der Waals surface area contributed by atoms with Crippen LogP contribution in [0.2, 0.25) is 0 Å². The lowest BCUT2D eigenvalue weighted by Crippen LogP contribution is -2.01. The van der Waals surface area contributed by atoms with Crippen molar-refractivity contribution in [2.75, 3.05) is 5.73 Å². The lowest BCUT2D eigenvalue weighted by atomic mass is 10.2.